The molecular formula is C33H49N3O5. The number of phenols is 1. The van der Waals surface area contributed by atoms with E-state index >= 15 is 0 Å². The second-order valence-corrected chi connectivity index (χ2v) is 11.9. The average Bonchev–Trinajstić information content (AvgIpc) is 2.88. The fraction of sp³-hybridized carbons (Fsp3) is 0.545. The topological polar surface area (TPSA) is 108 Å². The molecule has 8 nitrogen and oxygen atoms in total. The fourth-order valence-electron chi connectivity index (χ4n) is 4.64. The zero-order chi connectivity index (χ0) is 30.6. The number of benzene rings is 2. The number of unbranched alkanes of at least 4 members (excludes halogenated alkanes) is 4. The van der Waals surface area contributed by atoms with Crippen LogP contribution in [0.3, 0.4) is 0 Å². The SMILES string of the molecule is CCCCCCCN(C(=O)C(Cc1ccccc1)NC(=O)OC(C)(C)C)C(C(=O)NC(C)C)c1ccc(O)c(C)c1. The summed E-state index contributed by atoms with van der Waals surface area (Å²) < 4.78 is 5.51. The van der Waals surface area contributed by atoms with Crippen LogP contribution in [0.15, 0.2) is 48.5 Å². The molecule has 8 heteroatoms. The molecule has 41 heavy (non-hydrogen) atoms. The number of hydrogen-bond donors (Lipinski definition) is 3. The highest BCUT2D eigenvalue weighted by Gasteiger charge is 2.36. The van der Waals surface area contributed by atoms with E-state index in [2.05, 4.69) is 17.6 Å². The monoisotopic (exact) mass is 567 g/mol. The summed E-state index contributed by atoms with van der Waals surface area (Å²) in [6.45, 7) is 13.3. The van der Waals surface area contributed by atoms with E-state index in [9.17, 15) is 19.5 Å². The summed E-state index contributed by atoms with van der Waals surface area (Å²) in [6.07, 6.45) is 4.37. The van der Waals surface area contributed by atoms with Gasteiger partial charge in [-0.25, -0.2) is 4.79 Å². The van der Waals surface area contributed by atoms with Crippen LogP contribution in [-0.2, 0) is 20.7 Å². The summed E-state index contributed by atoms with van der Waals surface area (Å²) >= 11 is 0. The summed E-state index contributed by atoms with van der Waals surface area (Å²) in [6, 6.07) is 12.4. The molecule has 2 aromatic rings. The number of hydrogen-bond acceptors (Lipinski definition) is 5. The Morgan fingerprint density at radius 2 is 1.61 bits per heavy atom. The smallest absolute Gasteiger partial charge is 0.408 e. The van der Waals surface area contributed by atoms with E-state index in [1.54, 1.807) is 50.8 Å². The molecular weight excluding hydrogens is 518 g/mol. The van der Waals surface area contributed by atoms with Crippen molar-refractivity contribution >= 4 is 17.9 Å². The Balaban J connectivity index is 2.56. The van der Waals surface area contributed by atoms with Gasteiger partial charge in [-0.1, -0.05) is 69.0 Å². The third-order valence-electron chi connectivity index (χ3n) is 6.58. The first-order valence-corrected chi connectivity index (χ1v) is 14.8. The molecule has 3 amide bonds. The van der Waals surface area contributed by atoms with Crippen LogP contribution in [0.4, 0.5) is 4.79 Å². The highest BCUT2D eigenvalue weighted by molar-refractivity contribution is 5.92. The molecule has 226 valence electrons. The van der Waals surface area contributed by atoms with E-state index in [0.29, 0.717) is 24.1 Å². The van der Waals surface area contributed by atoms with E-state index in [1.165, 1.54) is 0 Å². The van der Waals surface area contributed by atoms with Crippen LogP contribution in [0.25, 0.3) is 0 Å². The zero-order valence-electron chi connectivity index (χ0n) is 25.8. The third-order valence-corrected chi connectivity index (χ3v) is 6.58. The molecule has 0 radical (unpaired) electrons. The van der Waals surface area contributed by atoms with Gasteiger partial charge in [-0.3, -0.25) is 9.59 Å². The Morgan fingerprint density at radius 3 is 2.20 bits per heavy atom. The predicted molar refractivity (Wildman–Crippen MR) is 163 cm³/mol. The summed E-state index contributed by atoms with van der Waals surface area (Å²) in [5, 5.41) is 16.0. The maximum Gasteiger partial charge on any atom is 0.408 e. The van der Waals surface area contributed by atoms with Gasteiger partial charge in [0.2, 0.25) is 11.8 Å². The van der Waals surface area contributed by atoms with Gasteiger partial charge in [-0.15, -0.1) is 0 Å². The van der Waals surface area contributed by atoms with Gasteiger partial charge in [0.25, 0.3) is 0 Å². The minimum atomic E-state index is -0.963. The molecule has 2 rings (SSSR count). The minimum absolute atomic E-state index is 0.114. The summed E-state index contributed by atoms with van der Waals surface area (Å²) in [5.41, 5.74) is 1.32. The molecule has 0 bridgehead atoms. The summed E-state index contributed by atoms with van der Waals surface area (Å²) in [7, 11) is 0. The number of aryl methyl sites for hydroxylation is 1. The highest BCUT2D eigenvalue weighted by atomic mass is 16.6. The molecule has 0 saturated heterocycles. The van der Waals surface area contributed by atoms with Crippen LogP contribution in [0.5, 0.6) is 5.75 Å². The summed E-state index contributed by atoms with van der Waals surface area (Å²) in [5.74, 6) is -0.574. The molecule has 2 atom stereocenters. The molecule has 0 aliphatic heterocycles. The van der Waals surface area contributed by atoms with Gasteiger partial charge in [-0.05, 0) is 76.8 Å². The first-order chi connectivity index (χ1) is 19.3. The van der Waals surface area contributed by atoms with Gasteiger partial charge >= 0.3 is 6.09 Å². The van der Waals surface area contributed by atoms with Crippen molar-refractivity contribution in [2.24, 2.45) is 0 Å². The van der Waals surface area contributed by atoms with Crippen molar-refractivity contribution in [3.8, 4) is 5.75 Å². The molecule has 0 aliphatic rings. The average molecular weight is 568 g/mol. The van der Waals surface area contributed by atoms with E-state index in [4.69, 9.17) is 4.74 Å². The lowest BCUT2D eigenvalue weighted by Gasteiger charge is -2.35. The second kappa shape index (κ2) is 16.0. The van der Waals surface area contributed by atoms with Crippen molar-refractivity contribution in [2.75, 3.05) is 6.54 Å². The number of nitrogens with zero attached hydrogens (tertiary/aromatic N) is 1. The van der Waals surface area contributed by atoms with Gasteiger partial charge in [0, 0.05) is 19.0 Å². The number of amides is 3. The van der Waals surface area contributed by atoms with E-state index in [-0.39, 0.29) is 30.0 Å². The lowest BCUT2D eigenvalue weighted by Crippen LogP contribution is -2.54. The third kappa shape index (κ3) is 11.5. The van der Waals surface area contributed by atoms with Crippen molar-refractivity contribution in [3.05, 3.63) is 65.2 Å². The Kier molecular flexibility index (Phi) is 13.2. The van der Waals surface area contributed by atoms with Gasteiger partial charge < -0.3 is 25.4 Å². The first-order valence-electron chi connectivity index (χ1n) is 14.8. The molecule has 0 aliphatic carbocycles. The molecule has 2 aromatic carbocycles. The number of rotatable bonds is 14. The van der Waals surface area contributed by atoms with E-state index in [0.717, 1.165) is 31.2 Å². The molecule has 0 fully saturated rings. The number of carbonyl (C=O) groups is 3. The quantitative estimate of drug-likeness (QED) is 0.236. The number of carbonyl (C=O) groups excluding carboxylic acids is 3. The lowest BCUT2D eigenvalue weighted by molar-refractivity contribution is -0.142. The zero-order valence-corrected chi connectivity index (χ0v) is 25.8. The number of ether oxygens (including phenoxy) is 1. The molecule has 2 unspecified atom stereocenters. The Labute approximate surface area is 245 Å². The van der Waals surface area contributed by atoms with Crippen LogP contribution in [0.2, 0.25) is 0 Å². The van der Waals surface area contributed by atoms with Crippen LogP contribution in [0.1, 0.15) is 96.4 Å². The van der Waals surface area contributed by atoms with Gasteiger partial charge in [0.15, 0.2) is 0 Å². The largest absolute Gasteiger partial charge is 0.508 e. The van der Waals surface area contributed by atoms with E-state index in [1.807, 2.05) is 44.2 Å². The second-order valence-electron chi connectivity index (χ2n) is 11.9. The number of nitrogens with one attached hydrogen (secondary N) is 2. The van der Waals surface area contributed by atoms with Crippen LogP contribution >= 0.6 is 0 Å². The van der Waals surface area contributed by atoms with Gasteiger partial charge in [0.1, 0.15) is 23.4 Å². The number of alkyl carbamates (subject to hydrolysis) is 1. The van der Waals surface area contributed by atoms with Crippen LogP contribution in [0, 0.1) is 6.92 Å². The van der Waals surface area contributed by atoms with Crippen molar-refractivity contribution in [1.82, 2.24) is 15.5 Å². The van der Waals surface area contributed by atoms with Gasteiger partial charge in [-0.2, -0.15) is 0 Å². The minimum Gasteiger partial charge on any atom is -0.508 e. The Morgan fingerprint density at radius 1 is 0.951 bits per heavy atom. The molecule has 0 spiro atoms. The Bertz CT molecular complexity index is 1130. The van der Waals surface area contributed by atoms with Gasteiger partial charge in [0.05, 0.1) is 0 Å². The standard InChI is InChI=1S/C33H49N3O5/c1-8-9-10-11-15-20-36(29(30(38)34-23(2)3)26-18-19-28(37)24(4)21-26)31(39)27(22-25-16-13-12-14-17-25)35-32(40)41-33(5,6)7/h12-14,16-19,21,23,27,29,37H,8-11,15,20,22H2,1-7H3,(H,34,38)(H,35,40). The number of phenolic OH excluding ortho intramolecular Hbond substituents is 1. The lowest BCUT2D eigenvalue weighted by atomic mass is 9.98. The van der Waals surface area contributed by atoms with Crippen molar-refractivity contribution in [1.29, 1.82) is 0 Å². The Hall–Kier alpha value is -3.55. The van der Waals surface area contributed by atoms with Crippen LogP contribution in [-0.4, -0.2) is 52.1 Å². The molecule has 0 aromatic heterocycles. The normalized spacial score (nSPS) is 12.9. The number of aromatic hydroxyl groups is 1. The first kappa shape index (κ1) is 33.7. The highest BCUT2D eigenvalue weighted by Crippen LogP contribution is 2.28. The molecule has 3 N–H and O–H groups in total. The predicted octanol–water partition coefficient (Wildman–Crippen LogP) is 6.20. The summed E-state index contributed by atoms with van der Waals surface area (Å²) in [4.78, 5) is 42.7. The van der Waals surface area contributed by atoms with Crippen LogP contribution < -0.4 is 10.6 Å². The van der Waals surface area contributed by atoms with Crippen molar-refractivity contribution < 1.29 is 24.2 Å². The molecule has 0 heterocycles. The maximum atomic E-state index is 14.5. The maximum absolute atomic E-state index is 14.5. The van der Waals surface area contributed by atoms with Crippen molar-refractivity contribution in [2.45, 2.75) is 111 Å². The fourth-order valence-corrected chi connectivity index (χ4v) is 4.64. The molecule has 0 saturated carbocycles. The van der Waals surface area contributed by atoms with E-state index < -0.39 is 23.8 Å². The van der Waals surface area contributed by atoms with Crippen molar-refractivity contribution in [3.63, 3.8) is 0 Å².